The monoisotopic (exact) mass is 486 g/mol. The van der Waals surface area contributed by atoms with E-state index in [4.69, 9.17) is 11.6 Å². The molecule has 0 fully saturated rings. The summed E-state index contributed by atoms with van der Waals surface area (Å²) in [7, 11) is 0. The Balaban J connectivity index is 1.57. The van der Waals surface area contributed by atoms with Crippen molar-refractivity contribution in [2.75, 3.05) is 0 Å². The molecule has 3 N–H and O–H groups in total. The number of thioether (sulfide) groups is 1. The van der Waals surface area contributed by atoms with Crippen LogP contribution in [0.15, 0.2) is 82.9 Å². The van der Waals surface area contributed by atoms with Gasteiger partial charge in [-0.1, -0.05) is 60.1 Å². The van der Waals surface area contributed by atoms with E-state index in [0.29, 0.717) is 16.0 Å². The second kappa shape index (κ2) is 9.21. The normalized spacial score (nSPS) is 11.8. The molecule has 0 unspecified atom stereocenters. The highest BCUT2D eigenvalue weighted by atomic mass is 35.5. The molecule has 5 aromatic rings. The molecule has 0 radical (unpaired) electrons. The van der Waals surface area contributed by atoms with E-state index in [0.717, 1.165) is 50.6 Å². The van der Waals surface area contributed by atoms with Crippen molar-refractivity contribution >= 4 is 46.3 Å². The first-order chi connectivity index (χ1) is 16.5. The van der Waals surface area contributed by atoms with Crippen molar-refractivity contribution in [3.63, 3.8) is 0 Å². The molecular formula is C26H19ClN4O2S. The third-order valence-electron chi connectivity index (χ3n) is 5.41. The van der Waals surface area contributed by atoms with Crippen molar-refractivity contribution in [3.8, 4) is 22.6 Å². The molecular weight excluding hydrogens is 468 g/mol. The van der Waals surface area contributed by atoms with Crippen LogP contribution in [0.5, 0.6) is 0 Å². The molecule has 0 amide bonds. The van der Waals surface area contributed by atoms with Crippen LogP contribution in [0.1, 0.15) is 11.1 Å². The molecule has 0 bridgehead atoms. The molecule has 0 aliphatic heterocycles. The summed E-state index contributed by atoms with van der Waals surface area (Å²) in [6.45, 7) is 2.03. The lowest BCUT2D eigenvalue weighted by molar-refractivity contribution is -0.131. The summed E-state index contributed by atoms with van der Waals surface area (Å²) in [6.07, 6.45) is 1.69. The smallest absolute Gasteiger partial charge is 0.342 e. The lowest BCUT2D eigenvalue weighted by atomic mass is 10.0. The number of fused-ring (bicyclic) bond motifs is 1. The first-order valence-corrected chi connectivity index (χ1v) is 11.7. The maximum absolute atomic E-state index is 12.2. The maximum atomic E-state index is 12.2. The van der Waals surface area contributed by atoms with E-state index in [1.807, 2.05) is 67.6 Å². The van der Waals surface area contributed by atoms with Crippen LogP contribution in [-0.4, -0.2) is 31.2 Å². The highest BCUT2D eigenvalue weighted by Crippen LogP contribution is 2.36. The number of aryl methyl sites for hydroxylation is 1. The number of rotatable bonds is 6. The van der Waals surface area contributed by atoms with Gasteiger partial charge in [0.2, 0.25) is 5.16 Å². The van der Waals surface area contributed by atoms with Crippen LogP contribution >= 0.6 is 23.4 Å². The van der Waals surface area contributed by atoms with Gasteiger partial charge in [-0.25, -0.2) is 9.78 Å². The Bertz CT molecular complexity index is 1520. The molecule has 0 aliphatic rings. The zero-order valence-corrected chi connectivity index (χ0v) is 19.6. The largest absolute Gasteiger partial charge is 0.477 e. The first kappa shape index (κ1) is 22.0. The number of carbonyl (C=O) groups is 1. The zero-order chi connectivity index (χ0) is 23.7. The van der Waals surface area contributed by atoms with Gasteiger partial charge in [-0.2, -0.15) is 0 Å². The third-order valence-corrected chi connectivity index (χ3v) is 6.54. The predicted octanol–water partition coefficient (Wildman–Crippen LogP) is 6.80. The van der Waals surface area contributed by atoms with E-state index in [2.05, 4.69) is 20.2 Å². The Labute approximate surface area is 204 Å². The van der Waals surface area contributed by atoms with E-state index < -0.39 is 5.97 Å². The van der Waals surface area contributed by atoms with Gasteiger partial charge in [-0.3, -0.25) is 5.10 Å². The zero-order valence-electron chi connectivity index (χ0n) is 18.0. The van der Waals surface area contributed by atoms with Crippen LogP contribution in [0.4, 0.5) is 0 Å². The van der Waals surface area contributed by atoms with Crippen LogP contribution in [0, 0.1) is 6.92 Å². The van der Waals surface area contributed by atoms with Gasteiger partial charge in [-0.15, -0.1) is 5.10 Å². The fourth-order valence-corrected chi connectivity index (χ4v) is 4.58. The Morgan fingerprint density at radius 3 is 2.50 bits per heavy atom. The number of benzene rings is 3. The average Bonchev–Trinajstić information content (AvgIpc) is 3.46. The number of nitrogens with one attached hydrogen (secondary N) is 2. The fourth-order valence-electron chi connectivity index (χ4n) is 3.76. The van der Waals surface area contributed by atoms with Gasteiger partial charge < -0.3 is 10.1 Å². The van der Waals surface area contributed by atoms with Gasteiger partial charge in [0.1, 0.15) is 4.91 Å². The Hall–Kier alpha value is -3.81. The predicted molar refractivity (Wildman–Crippen MR) is 137 cm³/mol. The fraction of sp³-hybridized carbons (Fsp3) is 0.0385. The van der Waals surface area contributed by atoms with Gasteiger partial charge in [0, 0.05) is 27.1 Å². The summed E-state index contributed by atoms with van der Waals surface area (Å²) in [5.74, 6) is -0.513. The molecule has 2 heterocycles. The Morgan fingerprint density at radius 2 is 1.76 bits per heavy atom. The second-order valence-electron chi connectivity index (χ2n) is 7.67. The molecule has 0 aliphatic carbocycles. The average molecular weight is 487 g/mol. The minimum atomic E-state index is -1.05. The van der Waals surface area contributed by atoms with Crippen molar-refractivity contribution in [1.29, 1.82) is 0 Å². The summed E-state index contributed by atoms with van der Waals surface area (Å²) >= 11 is 6.96. The van der Waals surface area contributed by atoms with E-state index >= 15 is 0 Å². The Kier molecular flexibility index (Phi) is 5.96. The number of aromatic amines is 2. The maximum Gasteiger partial charge on any atom is 0.342 e. The van der Waals surface area contributed by atoms with Gasteiger partial charge in [-0.05, 0) is 60.2 Å². The number of carboxylic acids is 1. The number of H-pyrrole nitrogens is 2. The summed E-state index contributed by atoms with van der Waals surface area (Å²) in [5, 5.41) is 19.0. The highest BCUT2D eigenvalue weighted by Gasteiger charge is 2.18. The molecule has 168 valence electrons. The molecule has 8 heteroatoms. The minimum absolute atomic E-state index is 0.112. The van der Waals surface area contributed by atoms with Crippen molar-refractivity contribution < 1.29 is 9.90 Å². The van der Waals surface area contributed by atoms with E-state index in [1.54, 1.807) is 18.2 Å². The Morgan fingerprint density at radius 1 is 1.00 bits per heavy atom. The highest BCUT2D eigenvalue weighted by molar-refractivity contribution is 8.04. The number of halogens is 1. The molecule has 5 rings (SSSR count). The number of carboxylic acid groups (broad SMARTS) is 1. The van der Waals surface area contributed by atoms with Crippen molar-refractivity contribution in [2.45, 2.75) is 12.1 Å². The quantitative estimate of drug-likeness (QED) is 0.181. The summed E-state index contributed by atoms with van der Waals surface area (Å²) in [6, 6.07) is 23.0. The lowest BCUT2D eigenvalue weighted by Gasteiger charge is -2.03. The molecule has 0 atom stereocenters. The van der Waals surface area contributed by atoms with Crippen LogP contribution < -0.4 is 0 Å². The van der Waals surface area contributed by atoms with Gasteiger partial charge in [0.15, 0.2) is 5.82 Å². The SMILES string of the molecule is Cc1cccc2c(/C=C(\Sc3n[nH]c(-c4ccc(Cl)cc4)n3)C(=O)O)c(-c3ccccc3)[nH]c12. The molecule has 2 aromatic heterocycles. The second-order valence-corrected chi connectivity index (χ2v) is 9.11. The van der Waals surface area contributed by atoms with Gasteiger partial charge >= 0.3 is 5.97 Å². The molecule has 3 aromatic carbocycles. The summed E-state index contributed by atoms with van der Waals surface area (Å²) < 4.78 is 0. The lowest BCUT2D eigenvalue weighted by Crippen LogP contribution is -1.97. The topological polar surface area (TPSA) is 94.7 Å². The minimum Gasteiger partial charge on any atom is -0.477 e. The number of nitrogens with zero attached hydrogens (tertiary/aromatic N) is 2. The van der Waals surface area contributed by atoms with Crippen LogP contribution in [0.3, 0.4) is 0 Å². The van der Waals surface area contributed by atoms with Crippen molar-refractivity contribution in [3.05, 3.63) is 93.9 Å². The van der Waals surface area contributed by atoms with Crippen LogP contribution in [0.2, 0.25) is 5.02 Å². The standard InChI is InChI=1S/C26H19ClN4O2S/c1-15-6-5-9-19-20(23(28-22(15)19)16-7-3-2-4-8-16)14-21(25(32)33)34-26-29-24(30-31-26)17-10-12-18(27)13-11-17/h2-14,28H,1H3,(H,32,33)(H,29,30,31)/b21-14-. The molecule has 0 saturated carbocycles. The van der Waals surface area contributed by atoms with E-state index in [-0.39, 0.29) is 4.91 Å². The summed E-state index contributed by atoms with van der Waals surface area (Å²) in [4.78, 5) is 20.3. The van der Waals surface area contributed by atoms with Gasteiger partial charge in [0.25, 0.3) is 0 Å². The number of hydrogen-bond donors (Lipinski definition) is 3. The van der Waals surface area contributed by atoms with Crippen LogP contribution in [0.25, 0.3) is 39.6 Å². The van der Waals surface area contributed by atoms with Crippen molar-refractivity contribution in [1.82, 2.24) is 20.2 Å². The third kappa shape index (κ3) is 4.35. The molecule has 34 heavy (non-hydrogen) atoms. The molecule has 0 spiro atoms. The summed E-state index contributed by atoms with van der Waals surface area (Å²) in [5.41, 5.74) is 5.51. The molecule has 0 saturated heterocycles. The molecule has 6 nitrogen and oxygen atoms in total. The number of aliphatic carboxylic acids is 1. The van der Waals surface area contributed by atoms with E-state index in [9.17, 15) is 9.90 Å². The number of para-hydroxylation sites is 1. The van der Waals surface area contributed by atoms with E-state index in [1.165, 1.54) is 0 Å². The number of hydrogen-bond acceptors (Lipinski definition) is 4. The van der Waals surface area contributed by atoms with Crippen LogP contribution in [-0.2, 0) is 4.79 Å². The van der Waals surface area contributed by atoms with Gasteiger partial charge in [0.05, 0.1) is 5.69 Å². The number of aromatic nitrogens is 4. The van der Waals surface area contributed by atoms with Crippen molar-refractivity contribution in [2.24, 2.45) is 0 Å². The first-order valence-electron chi connectivity index (χ1n) is 10.5.